The van der Waals surface area contributed by atoms with Gasteiger partial charge in [-0.25, -0.2) is 0 Å². The fourth-order valence-electron chi connectivity index (χ4n) is 3.65. The minimum absolute atomic E-state index is 0.0162. The van der Waals surface area contributed by atoms with Crippen LogP contribution in [0.5, 0.6) is 0 Å². The molecule has 0 saturated heterocycles. The fourth-order valence-corrected chi connectivity index (χ4v) is 3.65. The van der Waals surface area contributed by atoms with Crippen LogP contribution in [-0.4, -0.2) is 29.7 Å². The highest BCUT2D eigenvalue weighted by Gasteiger charge is 2.29. The summed E-state index contributed by atoms with van der Waals surface area (Å²) in [5, 5.41) is 5.83. The Hall–Kier alpha value is -2.95. The van der Waals surface area contributed by atoms with E-state index >= 15 is 0 Å². The number of amides is 2. The number of hydrogen-bond acceptors (Lipinski definition) is 3. The van der Waals surface area contributed by atoms with Gasteiger partial charge >= 0.3 is 0 Å². The van der Waals surface area contributed by atoms with Crippen molar-refractivity contribution in [2.24, 2.45) is 17.8 Å². The molecule has 0 aromatic heterocycles. The number of hydrogen-bond donors (Lipinski definition) is 2. The van der Waals surface area contributed by atoms with Gasteiger partial charge in [0.25, 0.3) is 0 Å². The van der Waals surface area contributed by atoms with E-state index in [-0.39, 0.29) is 35.4 Å². The number of ketones is 1. The topological polar surface area (TPSA) is 75.3 Å². The summed E-state index contributed by atoms with van der Waals surface area (Å²) >= 11 is 0. The van der Waals surface area contributed by atoms with E-state index in [1.807, 2.05) is 77.1 Å². The first-order valence-corrected chi connectivity index (χ1v) is 11.9. The van der Waals surface area contributed by atoms with E-state index < -0.39 is 12.1 Å². The molecule has 5 heteroatoms. The lowest BCUT2D eigenvalue weighted by atomic mass is 9.94. The van der Waals surface area contributed by atoms with E-state index in [0.717, 1.165) is 23.1 Å². The van der Waals surface area contributed by atoms with E-state index in [1.54, 1.807) is 0 Å². The van der Waals surface area contributed by atoms with Gasteiger partial charge in [0.2, 0.25) is 11.8 Å². The molecule has 4 atom stereocenters. The molecule has 2 aromatic rings. The lowest BCUT2D eigenvalue weighted by molar-refractivity contribution is -0.133. The second-order valence-electron chi connectivity index (χ2n) is 9.34. The van der Waals surface area contributed by atoms with Crippen molar-refractivity contribution in [3.05, 3.63) is 60.2 Å². The normalized spacial score (nSPS) is 14.8. The highest BCUT2D eigenvalue weighted by Crippen LogP contribution is 2.20. The van der Waals surface area contributed by atoms with Gasteiger partial charge in [-0.05, 0) is 35.4 Å². The Morgan fingerprint density at radius 2 is 1.36 bits per heavy atom. The first-order chi connectivity index (χ1) is 15.6. The van der Waals surface area contributed by atoms with Gasteiger partial charge in [0, 0.05) is 12.3 Å². The van der Waals surface area contributed by atoms with Crippen molar-refractivity contribution < 1.29 is 14.4 Å². The third kappa shape index (κ3) is 7.55. The van der Waals surface area contributed by atoms with Crippen LogP contribution < -0.4 is 10.6 Å². The quantitative estimate of drug-likeness (QED) is 0.517. The zero-order valence-electron chi connectivity index (χ0n) is 20.7. The molecular weight excluding hydrogens is 412 g/mol. The number of rotatable bonds is 11. The van der Waals surface area contributed by atoms with Crippen LogP contribution in [0.25, 0.3) is 11.1 Å². The van der Waals surface area contributed by atoms with Crippen molar-refractivity contribution in [2.75, 3.05) is 0 Å². The SMILES string of the molecule is CCC(C)[C@H](NC(=O)[C@H](Cc1ccc(-c2ccccc2)cc1)NC(=O)[C@@H](C)C(C)C)C(C)=O. The zero-order valence-corrected chi connectivity index (χ0v) is 20.7. The average molecular weight is 451 g/mol. The molecule has 0 bridgehead atoms. The minimum atomic E-state index is -0.757. The van der Waals surface area contributed by atoms with Gasteiger partial charge in [-0.3, -0.25) is 14.4 Å². The largest absolute Gasteiger partial charge is 0.344 e. The van der Waals surface area contributed by atoms with Crippen molar-refractivity contribution >= 4 is 17.6 Å². The van der Waals surface area contributed by atoms with Crippen LogP contribution in [0.4, 0.5) is 0 Å². The maximum atomic E-state index is 13.2. The molecule has 1 unspecified atom stereocenters. The monoisotopic (exact) mass is 450 g/mol. The fraction of sp³-hybridized carbons (Fsp3) is 0.464. The number of nitrogens with one attached hydrogen (secondary N) is 2. The molecule has 178 valence electrons. The van der Waals surface area contributed by atoms with Crippen LogP contribution in [0.3, 0.4) is 0 Å². The summed E-state index contributed by atoms with van der Waals surface area (Å²) in [6.07, 6.45) is 1.12. The molecule has 0 aliphatic carbocycles. The van der Waals surface area contributed by atoms with Crippen LogP contribution in [-0.2, 0) is 20.8 Å². The predicted octanol–water partition coefficient (Wildman–Crippen LogP) is 4.79. The van der Waals surface area contributed by atoms with E-state index in [2.05, 4.69) is 22.8 Å². The molecular formula is C28H38N2O3. The van der Waals surface area contributed by atoms with Crippen LogP contribution >= 0.6 is 0 Å². The Balaban J connectivity index is 2.23. The molecule has 2 N–H and O–H groups in total. The van der Waals surface area contributed by atoms with Crippen molar-refractivity contribution in [3.63, 3.8) is 0 Å². The molecule has 0 aliphatic rings. The zero-order chi connectivity index (χ0) is 24.5. The molecule has 0 spiro atoms. The summed E-state index contributed by atoms with van der Waals surface area (Å²) in [7, 11) is 0. The van der Waals surface area contributed by atoms with Gasteiger partial charge in [0.05, 0.1) is 6.04 Å². The summed E-state index contributed by atoms with van der Waals surface area (Å²) in [6.45, 7) is 11.3. The second kappa shape index (κ2) is 12.3. The molecule has 0 aliphatic heterocycles. The van der Waals surface area contributed by atoms with E-state index in [0.29, 0.717) is 6.42 Å². The third-order valence-corrected chi connectivity index (χ3v) is 6.50. The van der Waals surface area contributed by atoms with E-state index in [1.165, 1.54) is 6.92 Å². The molecule has 0 fully saturated rings. The molecule has 33 heavy (non-hydrogen) atoms. The Kier molecular flexibility index (Phi) is 9.83. The average Bonchev–Trinajstić information content (AvgIpc) is 2.81. The Morgan fingerprint density at radius 1 is 0.788 bits per heavy atom. The minimum Gasteiger partial charge on any atom is -0.344 e. The van der Waals surface area contributed by atoms with Crippen LogP contribution in [0.15, 0.2) is 54.6 Å². The summed E-state index contributed by atoms with van der Waals surface area (Å²) in [5.74, 6) is -0.614. The lowest BCUT2D eigenvalue weighted by Crippen LogP contribution is -2.54. The van der Waals surface area contributed by atoms with Crippen molar-refractivity contribution in [2.45, 2.75) is 66.5 Å². The highest BCUT2D eigenvalue weighted by molar-refractivity contribution is 5.92. The van der Waals surface area contributed by atoms with Gasteiger partial charge in [-0.1, -0.05) is 95.6 Å². The summed E-state index contributed by atoms with van der Waals surface area (Å²) < 4.78 is 0. The summed E-state index contributed by atoms with van der Waals surface area (Å²) in [4.78, 5) is 38.2. The predicted molar refractivity (Wildman–Crippen MR) is 134 cm³/mol. The van der Waals surface area contributed by atoms with E-state index in [9.17, 15) is 14.4 Å². The van der Waals surface area contributed by atoms with Crippen LogP contribution in [0.2, 0.25) is 0 Å². The molecule has 0 saturated carbocycles. The third-order valence-electron chi connectivity index (χ3n) is 6.50. The molecule has 0 radical (unpaired) electrons. The number of benzene rings is 2. The maximum Gasteiger partial charge on any atom is 0.243 e. The lowest BCUT2D eigenvalue weighted by Gasteiger charge is -2.27. The van der Waals surface area contributed by atoms with Crippen LogP contribution in [0, 0.1) is 17.8 Å². The number of Topliss-reactive ketones (excluding diaryl/α,β-unsaturated/α-hetero) is 1. The van der Waals surface area contributed by atoms with Gasteiger partial charge in [-0.2, -0.15) is 0 Å². The first kappa shape index (κ1) is 26.3. The van der Waals surface area contributed by atoms with Crippen molar-refractivity contribution in [3.8, 4) is 11.1 Å². The van der Waals surface area contributed by atoms with Crippen molar-refractivity contribution in [1.82, 2.24) is 10.6 Å². The standard InChI is InChI=1S/C28H38N2O3/c1-7-19(4)26(21(6)31)30-28(33)25(29-27(32)20(5)18(2)3)17-22-13-15-24(16-14-22)23-11-9-8-10-12-23/h8-16,18-20,25-26H,7,17H2,1-6H3,(H,29,32)(H,30,33)/t19?,20-,25-,26-/m0/s1. The van der Waals surface area contributed by atoms with Crippen molar-refractivity contribution in [1.29, 1.82) is 0 Å². The first-order valence-electron chi connectivity index (χ1n) is 11.9. The van der Waals surface area contributed by atoms with Gasteiger partial charge in [0.1, 0.15) is 6.04 Å². The maximum absolute atomic E-state index is 13.2. The second-order valence-corrected chi connectivity index (χ2v) is 9.34. The Bertz CT molecular complexity index is 922. The smallest absolute Gasteiger partial charge is 0.243 e. The number of carbonyl (C=O) groups is 3. The molecule has 2 aromatic carbocycles. The molecule has 0 heterocycles. The Morgan fingerprint density at radius 3 is 1.88 bits per heavy atom. The number of carbonyl (C=O) groups excluding carboxylic acids is 3. The molecule has 5 nitrogen and oxygen atoms in total. The molecule has 2 rings (SSSR count). The van der Waals surface area contributed by atoms with Gasteiger partial charge in [0.15, 0.2) is 5.78 Å². The summed E-state index contributed by atoms with van der Waals surface area (Å²) in [6, 6.07) is 16.8. The highest BCUT2D eigenvalue weighted by atomic mass is 16.2. The van der Waals surface area contributed by atoms with Gasteiger partial charge in [-0.15, -0.1) is 0 Å². The summed E-state index contributed by atoms with van der Waals surface area (Å²) in [5.41, 5.74) is 3.15. The van der Waals surface area contributed by atoms with Crippen LogP contribution in [0.1, 0.15) is 53.5 Å². The van der Waals surface area contributed by atoms with E-state index in [4.69, 9.17) is 0 Å². The Labute approximate surface area is 198 Å². The van der Waals surface area contributed by atoms with Gasteiger partial charge < -0.3 is 10.6 Å². The molecule has 2 amide bonds.